The minimum atomic E-state index is -0.195. The van der Waals surface area contributed by atoms with E-state index in [0.29, 0.717) is 6.61 Å². The molecule has 2 N–H and O–H groups in total. The molecular formula is C19H29NO2. The lowest BCUT2D eigenvalue weighted by Gasteiger charge is -2.27. The minimum absolute atomic E-state index is 0.195. The number of nitrogens with two attached hydrogens (primary N) is 1. The van der Waals surface area contributed by atoms with E-state index in [1.165, 1.54) is 50.2 Å². The number of ether oxygens (including phenoxy) is 1. The van der Waals surface area contributed by atoms with Gasteiger partial charge in [-0.3, -0.25) is 4.79 Å². The van der Waals surface area contributed by atoms with Gasteiger partial charge in [0.25, 0.3) is 0 Å². The van der Waals surface area contributed by atoms with Crippen LogP contribution in [0.3, 0.4) is 0 Å². The molecule has 122 valence electrons. The van der Waals surface area contributed by atoms with Crippen molar-refractivity contribution in [3.8, 4) is 0 Å². The van der Waals surface area contributed by atoms with Crippen molar-refractivity contribution in [1.29, 1.82) is 0 Å². The van der Waals surface area contributed by atoms with E-state index in [4.69, 9.17) is 10.5 Å². The zero-order valence-corrected chi connectivity index (χ0v) is 13.7. The molecule has 1 aromatic rings. The summed E-state index contributed by atoms with van der Waals surface area (Å²) < 4.78 is 4.96. The van der Waals surface area contributed by atoms with Crippen molar-refractivity contribution in [1.82, 2.24) is 0 Å². The van der Waals surface area contributed by atoms with E-state index in [1.807, 2.05) is 0 Å². The molecule has 1 saturated carbocycles. The van der Waals surface area contributed by atoms with Crippen molar-refractivity contribution in [3.63, 3.8) is 0 Å². The zero-order chi connectivity index (χ0) is 15.8. The van der Waals surface area contributed by atoms with Gasteiger partial charge in [0.2, 0.25) is 0 Å². The number of aryl methyl sites for hydroxylation is 1. The number of carbonyl (C=O) groups excluding carboxylic acids is 1. The summed E-state index contributed by atoms with van der Waals surface area (Å²) in [5, 5.41) is 0. The van der Waals surface area contributed by atoms with Crippen molar-refractivity contribution in [3.05, 3.63) is 35.4 Å². The van der Waals surface area contributed by atoms with Gasteiger partial charge in [0.15, 0.2) is 0 Å². The maximum absolute atomic E-state index is 10.7. The van der Waals surface area contributed by atoms with Gasteiger partial charge in [-0.1, -0.05) is 24.3 Å². The van der Waals surface area contributed by atoms with Crippen LogP contribution in [0.4, 0.5) is 0 Å². The van der Waals surface area contributed by atoms with Gasteiger partial charge in [0.05, 0.1) is 6.61 Å². The summed E-state index contributed by atoms with van der Waals surface area (Å²) in [6.45, 7) is 2.83. The van der Waals surface area contributed by atoms with Gasteiger partial charge in [-0.05, 0) is 74.5 Å². The molecule has 3 nitrogen and oxygen atoms in total. The third-order valence-electron chi connectivity index (χ3n) is 4.76. The van der Waals surface area contributed by atoms with Gasteiger partial charge < -0.3 is 10.5 Å². The molecule has 3 heteroatoms. The second kappa shape index (κ2) is 8.94. The topological polar surface area (TPSA) is 52.3 Å². The van der Waals surface area contributed by atoms with Crippen LogP contribution < -0.4 is 5.73 Å². The van der Waals surface area contributed by atoms with Crippen LogP contribution in [0.2, 0.25) is 0 Å². The summed E-state index contributed by atoms with van der Waals surface area (Å²) >= 11 is 0. The number of rotatable bonds is 7. The van der Waals surface area contributed by atoms with Crippen LogP contribution in [0.1, 0.15) is 50.2 Å². The van der Waals surface area contributed by atoms with E-state index in [1.54, 1.807) is 0 Å². The molecule has 0 aromatic heterocycles. The Morgan fingerprint density at radius 2 is 1.68 bits per heavy atom. The fourth-order valence-corrected chi connectivity index (χ4v) is 3.34. The van der Waals surface area contributed by atoms with E-state index in [0.717, 1.165) is 31.2 Å². The van der Waals surface area contributed by atoms with Gasteiger partial charge in [0, 0.05) is 6.92 Å². The van der Waals surface area contributed by atoms with E-state index in [9.17, 15) is 4.79 Å². The smallest absolute Gasteiger partial charge is 0.302 e. The molecule has 1 fully saturated rings. The van der Waals surface area contributed by atoms with E-state index < -0.39 is 0 Å². The third kappa shape index (κ3) is 5.80. The van der Waals surface area contributed by atoms with Crippen LogP contribution in [0.15, 0.2) is 24.3 Å². The zero-order valence-electron chi connectivity index (χ0n) is 13.7. The highest BCUT2D eigenvalue weighted by Gasteiger charge is 2.20. The molecule has 0 spiro atoms. The number of hydrogen-bond donors (Lipinski definition) is 1. The average molecular weight is 303 g/mol. The van der Waals surface area contributed by atoms with Crippen molar-refractivity contribution >= 4 is 5.97 Å². The largest absolute Gasteiger partial charge is 0.466 e. The summed E-state index contributed by atoms with van der Waals surface area (Å²) in [5.41, 5.74) is 8.52. The van der Waals surface area contributed by atoms with Crippen LogP contribution in [0, 0.1) is 11.8 Å². The highest BCUT2D eigenvalue weighted by molar-refractivity contribution is 5.65. The standard InChI is InChI=1S/C19H29NO2/c1-15(21)22-12-2-3-16-4-6-17(7-5-16)13-18-8-10-19(14-20)11-9-18/h4-7,18-19H,2-3,8-14,20H2,1H3. The van der Waals surface area contributed by atoms with E-state index in [-0.39, 0.29) is 5.97 Å². The van der Waals surface area contributed by atoms with Gasteiger partial charge in [-0.15, -0.1) is 0 Å². The summed E-state index contributed by atoms with van der Waals surface area (Å²) in [5.74, 6) is 1.40. The average Bonchev–Trinajstić information content (AvgIpc) is 2.54. The number of carbonyl (C=O) groups is 1. The van der Waals surface area contributed by atoms with Crippen molar-refractivity contribution in [2.45, 2.75) is 51.9 Å². The molecule has 1 aromatic carbocycles. The molecule has 0 heterocycles. The highest BCUT2D eigenvalue weighted by atomic mass is 16.5. The van der Waals surface area contributed by atoms with Gasteiger partial charge in [0.1, 0.15) is 0 Å². The molecule has 1 aliphatic rings. The van der Waals surface area contributed by atoms with Gasteiger partial charge in [-0.25, -0.2) is 0 Å². The van der Waals surface area contributed by atoms with Crippen molar-refractivity contribution < 1.29 is 9.53 Å². The molecule has 0 unspecified atom stereocenters. The lowest BCUT2D eigenvalue weighted by Crippen LogP contribution is -2.22. The lowest BCUT2D eigenvalue weighted by molar-refractivity contribution is -0.141. The lowest BCUT2D eigenvalue weighted by atomic mass is 9.79. The summed E-state index contributed by atoms with van der Waals surface area (Å²) in [6.07, 6.45) is 8.31. The number of benzene rings is 1. The van der Waals surface area contributed by atoms with E-state index in [2.05, 4.69) is 24.3 Å². The van der Waals surface area contributed by atoms with Gasteiger partial charge in [-0.2, -0.15) is 0 Å². The number of hydrogen-bond acceptors (Lipinski definition) is 3. The predicted molar refractivity (Wildman–Crippen MR) is 89.6 cm³/mol. The Hall–Kier alpha value is -1.35. The summed E-state index contributed by atoms with van der Waals surface area (Å²) in [7, 11) is 0. The van der Waals surface area contributed by atoms with Crippen LogP contribution in [-0.2, 0) is 22.4 Å². The Labute approximate surface area is 134 Å². The maximum Gasteiger partial charge on any atom is 0.302 e. The van der Waals surface area contributed by atoms with E-state index >= 15 is 0 Å². The second-order valence-electron chi connectivity index (χ2n) is 6.59. The van der Waals surface area contributed by atoms with Crippen LogP contribution in [0.25, 0.3) is 0 Å². The Morgan fingerprint density at radius 1 is 1.09 bits per heavy atom. The summed E-state index contributed by atoms with van der Waals surface area (Å²) in [6, 6.07) is 8.95. The molecule has 1 aliphatic carbocycles. The Bertz CT molecular complexity index is 447. The maximum atomic E-state index is 10.7. The van der Waals surface area contributed by atoms with Crippen LogP contribution in [0.5, 0.6) is 0 Å². The Morgan fingerprint density at radius 3 is 2.27 bits per heavy atom. The SMILES string of the molecule is CC(=O)OCCCc1ccc(CC2CCC(CN)CC2)cc1. The molecule has 22 heavy (non-hydrogen) atoms. The molecular weight excluding hydrogens is 274 g/mol. The van der Waals surface area contributed by atoms with Crippen LogP contribution >= 0.6 is 0 Å². The molecule has 0 aliphatic heterocycles. The molecule has 0 amide bonds. The van der Waals surface area contributed by atoms with Crippen molar-refractivity contribution in [2.75, 3.05) is 13.2 Å². The number of esters is 1. The monoisotopic (exact) mass is 303 g/mol. The fourth-order valence-electron chi connectivity index (χ4n) is 3.34. The Kier molecular flexibility index (Phi) is 6.91. The molecule has 0 saturated heterocycles. The normalized spacial score (nSPS) is 21.5. The second-order valence-corrected chi connectivity index (χ2v) is 6.59. The highest BCUT2D eigenvalue weighted by Crippen LogP contribution is 2.30. The first-order valence-corrected chi connectivity index (χ1v) is 8.58. The third-order valence-corrected chi connectivity index (χ3v) is 4.76. The van der Waals surface area contributed by atoms with Gasteiger partial charge >= 0.3 is 5.97 Å². The Balaban J connectivity index is 1.71. The minimum Gasteiger partial charge on any atom is -0.466 e. The first-order valence-electron chi connectivity index (χ1n) is 8.58. The molecule has 0 bridgehead atoms. The quantitative estimate of drug-likeness (QED) is 0.619. The van der Waals surface area contributed by atoms with Crippen LogP contribution in [-0.4, -0.2) is 19.1 Å². The van der Waals surface area contributed by atoms with Crippen molar-refractivity contribution in [2.24, 2.45) is 17.6 Å². The predicted octanol–water partition coefficient (Wildman–Crippen LogP) is 3.49. The fraction of sp³-hybridized carbons (Fsp3) is 0.632. The first kappa shape index (κ1) is 17.0. The summed E-state index contributed by atoms with van der Waals surface area (Å²) in [4.78, 5) is 10.7. The molecule has 2 rings (SSSR count). The molecule has 0 atom stereocenters. The first-order chi connectivity index (χ1) is 10.7. The molecule has 0 radical (unpaired) electrons.